The summed E-state index contributed by atoms with van der Waals surface area (Å²) in [4.78, 5) is 0. The van der Waals surface area contributed by atoms with E-state index in [1.807, 2.05) is 31.2 Å². The van der Waals surface area contributed by atoms with Gasteiger partial charge in [-0.05, 0) is 24.1 Å². The molecule has 2 aromatic rings. The summed E-state index contributed by atoms with van der Waals surface area (Å²) >= 11 is 0. The van der Waals surface area contributed by atoms with Crippen molar-refractivity contribution >= 4 is 11.8 Å². The maximum atomic E-state index is 6.28. The summed E-state index contributed by atoms with van der Waals surface area (Å²) in [5.74, 6) is 0.889. The third-order valence-electron chi connectivity index (χ3n) is 3.98. The zero-order valence-corrected chi connectivity index (χ0v) is 13.6. The largest absolute Gasteiger partial charge is 0.485 e. The molecule has 2 unspecified atom stereocenters. The Kier molecular flexibility index (Phi) is 5.11. The van der Waals surface area contributed by atoms with E-state index in [1.165, 1.54) is 11.1 Å². The number of rotatable bonds is 6. The fraction of sp³-hybridized carbons (Fsp3) is 0.300. The smallest absolute Gasteiger partial charge is 0.161 e. The number of fused-ring (bicyclic) bond motifs is 1. The van der Waals surface area contributed by atoms with Gasteiger partial charge in [-0.2, -0.15) is 0 Å². The summed E-state index contributed by atoms with van der Waals surface area (Å²) < 4.78 is 17.3. The van der Waals surface area contributed by atoms with Crippen molar-refractivity contribution in [2.45, 2.75) is 25.7 Å². The summed E-state index contributed by atoms with van der Waals surface area (Å²) in [6.07, 6.45) is 2.41. The predicted molar refractivity (Wildman–Crippen MR) is 91.6 cm³/mol. The van der Waals surface area contributed by atoms with E-state index in [-0.39, 0.29) is 12.4 Å². The van der Waals surface area contributed by atoms with Crippen molar-refractivity contribution in [3.8, 4) is 0 Å². The van der Waals surface area contributed by atoms with Crippen LogP contribution in [0, 0.1) is 0 Å². The number of hydrogen-bond acceptors (Lipinski definition) is 3. The fourth-order valence-electron chi connectivity index (χ4n) is 2.85. The van der Waals surface area contributed by atoms with Crippen molar-refractivity contribution in [2.24, 2.45) is 0 Å². The molecule has 0 saturated heterocycles. The average molecular weight is 310 g/mol. The first-order valence-electron chi connectivity index (χ1n) is 7.99. The minimum atomic E-state index is -0.270. The molecule has 0 amide bonds. The summed E-state index contributed by atoms with van der Waals surface area (Å²) in [5.41, 5.74) is 3.44. The average Bonchev–Trinajstić information content (AvgIpc) is 2.62. The zero-order chi connectivity index (χ0) is 16.1. The van der Waals surface area contributed by atoms with Crippen LogP contribution in [0.15, 0.2) is 54.6 Å². The molecular weight excluding hydrogens is 288 g/mol. The van der Waals surface area contributed by atoms with Gasteiger partial charge in [0, 0.05) is 25.7 Å². The molecule has 2 aromatic carbocycles. The number of benzene rings is 2. The Morgan fingerprint density at radius 1 is 1.04 bits per heavy atom. The van der Waals surface area contributed by atoms with Gasteiger partial charge in [0.15, 0.2) is 6.29 Å². The Morgan fingerprint density at radius 2 is 1.78 bits per heavy atom. The van der Waals surface area contributed by atoms with Gasteiger partial charge in [0.25, 0.3) is 0 Å². The van der Waals surface area contributed by atoms with E-state index in [0.717, 1.165) is 11.3 Å². The lowest BCUT2D eigenvalue weighted by Crippen LogP contribution is -2.22. The van der Waals surface area contributed by atoms with Crippen LogP contribution in [0.25, 0.3) is 11.8 Å². The van der Waals surface area contributed by atoms with E-state index >= 15 is 0 Å². The van der Waals surface area contributed by atoms with Crippen molar-refractivity contribution in [1.82, 2.24) is 0 Å². The fourth-order valence-corrected chi connectivity index (χ4v) is 2.85. The second kappa shape index (κ2) is 7.44. The molecule has 120 valence electrons. The summed E-state index contributed by atoms with van der Waals surface area (Å²) in [6, 6.07) is 18.5. The van der Waals surface area contributed by atoms with Gasteiger partial charge < -0.3 is 14.2 Å². The topological polar surface area (TPSA) is 27.7 Å². The molecule has 0 aromatic heterocycles. The molecule has 0 fully saturated rings. The molecule has 2 atom stereocenters. The second-order valence-electron chi connectivity index (χ2n) is 5.47. The van der Waals surface area contributed by atoms with Crippen molar-refractivity contribution < 1.29 is 14.2 Å². The summed E-state index contributed by atoms with van der Waals surface area (Å²) in [5, 5.41) is 0. The molecule has 3 heteroatoms. The molecule has 0 radical (unpaired) electrons. The Balaban J connectivity index is 1.91. The van der Waals surface area contributed by atoms with Gasteiger partial charge in [-0.25, -0.2) is 0 Å². The monoisotopic (exact) mass is 310 g/mol. The molecule has 1 aliphatic rings. The molecule has 1 aliphatic heterocycles. The van der Waals surface area contributed by atoms with Crippen molar-refractivity contribution in [2.75, 3.05) is 13.7 Å². The number of ether oxygens (including phenoxy) is 3. The Labute approximate surface area is 137 Å². The molecule has 3 rings (SSSR count). The lowest BCUT2D eigenvalue weighted by atomic mass is 9.95. The summed E-state index contributed by atoms with van der Waals surface area (Å²) in [6.45, 7) is 2.59. The van der Waals surface area contributed by atoms with Gasteiger partial charge in [0.1, 0.15) is 11.9 Å². The summed E-state index contributed by atoms with van der Waals surface area (Å²) in [7, 11) is 1.67. The molecule has 0 aliphatic carbocycles. The van der Waals surface area contributed by atoms with E-state index in [2.05, 4.69) is 36.4 Å². The van der Waals surface area contributed by atoms with Gasteiger partial charge in [-0.1, -0.05) is 54.6 Å². The van der Waals surface area contributed by atoms with Gasteiger partial charge >= 0.3 is 0 Å². The van der Waals surface area contributed by atoms with Crippen LogP contribution in [0.5, 0.6) is 0 Å². The van der Waals surface area contributed by atoms with Gasteiger partial charge in [0.05, 0.1) is 0 Å². The molecule has 1 heterocycles. The van der Waals surface area contributed by atoms with Crippen LogP contribution >= 0.6 is 0 Å². The maximum absolute atomic E-state index is 6.28. The third kappa shape index (κ3) is 3.63. The first-order chi connectivity index (χ1) is 11.3. The van der Waals surface area contributed by atoms with E-state index in [0.29, 0.717) is 13.0 Å². The lowest BCUT2D eigenvalue weighted by Gasteiger charge is -2.29. The SMILES string of the molecule is CCOC(CC1OC(c2ccccc2)=Cc2ccccc21)OC. The highest BCUT2D eigenvalue weighted by atomic mass is 16.7. The standard InChI is InChI=1S/C20H22O3/c1-3-22-20(21-2)14-19-17-12-8-7-11-16(17)13-18(23-19)15-9-5-4-6-10-15/h4-13,19-20H,3,14H2,1-2H3. The second-order valence-corrected chi connectivity index (χ2v) is 5.47. The lowest BCUT2D eigenvalue weighted by molar-refractivity contribution is -0.138. The zero-order valence-electron chi connectivity index (χ0n) is 13.6. The minimum Gasteiger partial charge on any atom is -0.485 e. The van der Waals surface area contributed by atoms with Crippen LogP contribution in [0.3, 0.4) is 0 Å². The normalized spacial score (nSPS) is 17.8. The molecule has 0 N–H and O–H groups in total. The van der Waals surface area contributed by atoms with Crippen LogP contribution < -0.4 is 0 Å². The molecular formula is C20H22O3. The number of methoxy groups -OCH3 is 1. The Hall–Kier alpha value is -2.10. The quantitative estimate of drug-likeness (QED) is 0.727. The van der Waals surface area contributed by atoms with Crippen LogP contribution in [0.4, 0.5) is 0 Å². The maximum Gasteiger partial charge on any atom is 0.161 e. The first kappa shape index (κ1) is 15.8. The van der Waals surface area contributed by atoms with E-state index < -0.39 is 0 Å². The Morgan fingerprint density at radius 3 is 2.52 bits per heavy atom. The van der Waals surface area contributed by atoms with Gasteiger partial charge in [0.2, 0.25) is 0 Å². The van der Waals surface area contributed by atoms with Crippen molar-refractivity contribution in [3.63, 3.8) is 0 Å². The van der Waals surface area contributed by atoms with Crippen LogP contribution in [0.2, 0.25) is 0 Å². The van der Waals surface area contributed by atoms with E-state index in [9.17, 15) is 0 Å². The van der Waals surface area contributed by atoms with Crippen molar-refractivity contribution in [3.05, 3.63) is 71.3 Å². The Bertz CT molecular complexity index is 664. The van der Waals surface area contributed by atoms with Crippen LogP contribution in [-0.4, -0.2) is 20.0 Å². The van der Waals surface area contributed by atoms with Crippen LogP contribution in [0.1, 0.15) is 36.1 Å². The molecule has 0 spiro atoms. The van der Waals surface area contributed by atoms with E-state index in [4.69, 9.17) is 14.2 Å². The van der Waals surface area contributed by atoms with Crippen molar-refractivity contribution in [1.29, 1.82) is 0 Å². The highest BCUT2D eigenvalue weighted by molar-refractivity contribution is 5.80. The molecule has 0 saturated carbocycles. The van der Waals surface area contributed by atoms with E-state index in [1.54, 1.807) is 7.11 Å². The third-order valence-corrected chi connectivity index (χ3v) is 3.98. The number of hydrogen-bond donors (Lipinski definition) is 0. The predicted octanol–water partition coefficient (Wildman–Crippen LogP) is 4.66. The van der Waals surface area contributed by atoms with Gasteiger partial charge in [-0.3, -0.25) is 0 Å². The minimum absolute atomic E-state index is 0.0806. The molecule has 23 heavy (non-hydrogen) atoms. The van der Waals surface area contributed by atoms with Crippen LogP contribution in [-0.2, 0) is 14.2 Å². The first-order valence-corrected chi connectivity index (χ1v) is 7.99. The van der Waals surface area contributed by atoms with Gasteiger partial charge in [-0.15, -0.1) is 0 Å². The molecule has 3 nitrogen and oxygen atoms in total. The highest BCUT2D eigenvalue weighted by Crippen LogP contribution is 2.38. The molecule has 0 bridgehead atoms. The highest BCUT2D eigenvalue weighted by Gasteiger charge is 2.26.